The van der Waals surface area contributed by atoms with E-state index in [0.29, 0.717) is 16.8 Å². The van der Waals surface area contributed by atoms with Crippen molar-refractivity contribution in [2.75, 3.05) is 19.0 Å². The zero-order chi connectivity index (χ0) is 31.5. The standard InChI is InChI=1S/C29H30N6O8S.Na/c1-29(2)22(25(38)39)34-23(37)21(24(34)44-29)31-19(36)12-14-5-4-6-17(11-14)30-27(41)33-13-18-20(32-35(18)28(33)42)15-7-9-16(10-8-15)26(40)43-3;/h4-11,18,20-22,24,32H,12-13H2,1-3H3,(H,30,41)(H,31,36)(H,38,39);/q;+1/p-1/t18?,20?,21-,22+,24-;/m1./s1. The molecule has 0 aromatic heterocycles. The van der Waals surface area contributed by atoms with Gasteiger partial charge in [-0.3, -0.25) is 14.6 Å². The number of carbonyl (C=O) groups excluding carboxylic acids is 6. The molecule has 4 saturated heterocycles. The molecule has 0 aliphatic carbocycles. The number of urea groups is 2. The van der Waals surface area contributed by atoms with Gasteiger partial charge in [0, 0.05) is 10.4 Å². The van der Waals surface area contributed by atoms with E-state index in [1.54, 1.807) is 62.4 Å². The van der Waals surface area contributed by atoms with Crippen molar-refractivity contribution in [2.24, 2.45) is 0 Å². The van der Waals surface area contributed by atoms with E-state index in [1.807, 2.05) is 0 Å². The number of anilines is 1. The minimum absolute atomic E-state index is 0. The molecule has 6 amide bonds. The Hall–Kier alpha value is -3.63. The summed E-state index contributed by atoms with van der Waals surface area (Å²) in [6.07, 6.45) is -0.0863. The van der Waals surface area contributed by atoms with Crippen LogP contribution in [-0.4, -0.2) is 92.5 Å². The maximum Gasteiger partial charge on any atom is 1.00 e. The molecule has 4 fully saturated rings. The summed E-state index contributed by atoms with van der Waals surface area (Å²) in [5, 5.41) is 17.9. The monoisotopic (exact) mass is 644 g/mol. The number of carbonyl (C=O) groups is 6. The van der Waals surface area contributed by atoms with Crippen LogP contribution in [0.2, 0.25) is 0 Å². The van der Waals surface area contributed by atoms with E-state index in [0.717, 1.165) is 10.5 Å². The van der Waals surface area contributed by atoms with Crippen LogP contribution in [-0.2, 0) is 25.5 Å². The van der Waals surface area contributed by atoms with Crippen molar-refractivity contribution in [2.45, 2.75) is 54.6 Å². The van der Waals surface area contributed by atoms with Gasteiger partial charge in [-0.2, -0.15) is 0 Å². The van der Waals surface area contributed by atoms with E-state index in [-0.39, 0.29) is 54.6 Å². The number of esters is 1. The normalized spacial score (nSPS) is 25.7. The zero-order valence-corrected chi connectivity index (χ0v) is 27.8. The molecule has 0 saturated carbocycles. The Morgan fingerprint density at radius 3 is 2.49 bits per heavy atom. The van der Waals surface area contributed by atoms with Crippen molar-refractivity contribution in [1.82, 2.24) is 25.6 Å². The third kappa shape index (κ3) is 5.78. The summed E-state index contributed by atoms with van der Waals surface area (Å²) in [7, 11) is 1.30. The molecule has 14 nitrogen and oxygen atoms in total. The van der Waals surface area contributed by atoms with Crippen molar-refractivity contribution < 1.29 is 68.2 Å². The number of hydrazine groups is 1. The van der Waals surface area contributed by atoms with E-state index in [9.17, 15) is 33.9 Å². The van der Waals surface area contributed by atoms with Crippen molar-refractivity contribution in [3.8, 4) is 0 Å². The molecule has 4 aliphatic heterocycles. The van der Waals surface area contributed by atoms with Crippen molar-refractivity contribution in [1.29, 1.82) is 0 Å². The minimum Gasteiger partial charge on any atom is -0.548 e. The number of fused-ring (bicyclic) bond motifs is 2. The van der Waals surface area contributed by atoms with Crippen LogP contribution < -0.4 is 50.7 Å². The van der Waals surface area contributed by atoms with Crippen molar-refractivity contribution in [3.63, 3.8) is 0 Å². The Morgan fingerprint density at radius 1 is 1.11 bits per heavy atom. The molecule has 2 unspecified atom stereocenters. The fourth-order valence-corrected chi connectivity index (χ4v) is 7.70. The molecule has 16 heteroatoms. The number of amides is 6. The summed E-state index contributed by atoms with van der Waals surface area (Å²) in [5.74, 6) is -2.68. The van der Waals surface area contributed by atoms with Crippen LogP contribution in [0.4, 0.5) is 15.3 Å². The fourth-order valence-electron chi connectivity index (χ4n) is 6.08. The number of benzene rings is 2. The number of thioether (sulfide) groups is 1. The molecular weight excluding hydrogens is 615 g/mol. The third-order valence-electron chi connectivity index (χ3n) is 8.26. The minimum atomic E-state index is -1.33. The SMILES string of the molecule is COC(=O)c1ccc(C2NN3C(=O)N(C(=O)Nc4cccc(CC(=O)N[C@@H]5C(=O)N6[C@@H]5SC(C)(C)[C@@H]6C(=O)[O-])c4)CC23)cc1.[Na+]. The maximum atomic E-state index is 13.1. The molecule has 4 aliphatic rings. The first-order chi connectivity index (χ1) is 20.9. The number of nitrogens with one attached hydrogen (secondary N) is 3. The molecule has 0 radical (unpaired) electrons. The molecule has 0 bridgehead atoms. The number of rotatable bonds is 7. The van der Waals surface area contributed by atoms with Crippen molar-refractivity contribution >= 4 is 53.3 Å². The van der Waals surface area contributed by atoms with Gasteiger partial charge in [0.05, 0.1) is 49.7 Å². The van der Waals surface area contributed by atoms with Gasteiger partial charge in [-0.15, -0.1) is 11.8 Å². The van der Waals surface area contributed by atoms with Crippen LogP contribution in [0.25, 0.3) is 0 Å². The van der Waals surface area contributed by atoms with E-state index in [2.05, 4.69) is 16.1 Å². The van der Waals surface area contributed by atoms with Crippen LogP contribution in [0.3, 0.4) is 0 Å². The smallest absolute Gasteiger partial charge is 0.548 e. The van der Waals surface area contributed by atoms with Crippen LogP contribution >= 0.6 is 11.8 Å². The molecule has 4 heterocycles. The van der Waals surface area contributed by atoms with Gasteiger partial charge in [0.15, 0.2) is 0 Å². The number of methoxy groups -OCH3 is 1. The summed E-state index contributed by atoms with van der Waals surface area (Å²) < 4.78 is 3.96. The van der Waals surface area contributed by atoms with Gasteiger partial charge in [0.1, 0.15) is 11.4 Å². The van der Waals surface area contributed by atoms with E-state index >= 15 is 0 Å². The molecular formula is C29H29N6NaO8S. The number of hydrogen-bond acceptors (Lipinski definition) is 10. The average molecular weight is 645 g/mol. The fraction of sp³-hybridized carbons (Fsp3) is 0.379. The first-order valence-corrected chi connectivity index (χ1v) is 14.7. The number of carboxylic acids is 1. The predicted molar refractivity (Wildman–Crippen MR) is 154 cm³/mol. The van der Waals surface area contributed by atoms with Gasteiger partial charge in [-0.05, 0) is 49.2 Å². The van der Waals surface area contributed by atoms with Crippen LogP contribution in [0.15, 0.2) is 48.5 Å². The second-order valence-electron chi connectivity index (χ2n) is 11.5. The second-order valence-corrected chi connectivity index (χ2v) is 13.3. The number of ether oxygens (including phenoxy) is 1. The summed E-state index contributed by atoms with van der Waals surface area (Å²) in [6, 6.07) is 9.84. The molecule has 2 aromatic rings. The molecule has 230 valence electrons. The number of aliphatic carboxylic acids is 1. The molecule has 5 atom stereocenters. The molecule has 2 aromatic carbocycles. The quantitative estimate of drug-likeness (QED) is 0.162. The van der Waals surface area contributed by atoms with E-state index in [4.69, 9.17) is 4.74 Å². The Bertz CT molecular complexity index is 1590. The van der Waals surface area contributed by atoms with E-state index in [1.165, 1.54) is 28.8 Å². The first kappa shape index (κ1) is 32.8. The molecule has 0 spiro atoms. The summed E-state index contributed by atoms with van der Waals surface area (Å²) in [6.45, 7) is 3.59. The Balaban J connectivity index is 0.00000400. The molecule has 3 N–H and O–H groups in total. The Kier molecular flexibility index (Phi) is 8.94. The van der Waals surface area contributed by atoms with Gasteiger partial charge in [-0.25, -0.2) is 24.7 Å². The van der Waals surface area contributed by atoms with Gasteiger partial charge in [-0.1, -0.05) is 24.3 Å². The number of hydrogen-bond donors (Lipinski definition) is 3. The topological polar surface area (TPSA) is 181 Å². The molecule has 6 rings (SSSR count). The van der Waals surface area contributed by atoms with Crippen LogP contribution in [0.1, 0.15) is 41.4 Å². The third-order valence-corrected chi connectivity index (χ3v) is 9.83. The summed E-state index contributed by atoms with van der Waals surface area (Å²) >= 11 is 1.31. The second kappa shape index (κ2) is 12.3. The average Bonchev–Trinajstić information content (AvgIpc) is 3.38. The zero-order valence-electron chi connectivity index (χ0n) is 24.9. The Labute approximate surface area is 284 Å². The van der Waals surface area contributed by atoms with Crippen LogP contribution in [0.5, 0.6) is 0 Å². The first-order valence-electron chi connectivity index (χ1n) is 13.8. The summed E-state index contributed by atoms with van der Waals surface area (Å²) in [4.78, 5) is 77.0. The Morgan fingerprint density at radius 2 is 1.82 bits per heavy atom. The van der Waals surface area contributed by atoms with Crippen molar-refractivity contribution in [3.05, 3.63) is 65.2 Å². The largest absolute Gasteiger partial charge is 1.00 e. The van der Waals surface area contributed by atoms with Crippen LogP contribution in [0, 0.1) is 0 Å². The van der Waals surface area contributed by atoms with Gasteiger partial charge < -0.3 is 30.2 Å². The maximum absolute atomic E-state index is 13.1. The number of carboxylic acid groups (broad SMARTS) is 1. The number of imide groups is 1. The number of β-lactam (4-membered cyclic amide) rings is 1. The van der Waals surface area contributed by atoms with Gasteiger partial charge in [0.25, 0.3) is 0 Å². The summed E-state index contributed by atoms with van der Waals surface area (Å²) in [5.41, 5.74) is 5.24. The number of nitrogens with zero attached hydrogens (tertiary/aromatic N) is 3. The van der Waals surface area contributed by atoms with Gasteiger partial charge >= 0.3 is 47.6 Å². The predicted octanol–water partition coefficient (Wildman–Crippen LogP) is -2.79. The molecule has 45 heavy (non-hydrogen) atoms. The van der Waals surface area contributed by atoms with Gasteiger partial charge in [0.2, 0.25) is 11.8 Å². The van der Waals surface area contributed by atoms with E-state index < -0.39 is 58.0 Å².